The van der Waals surface area contributed by atoms with Crippen molar-refractivity contribution in [2.45, 2.75) is 19.9 Å². The second-order valence-corrected chi connectivity index (χ2v) is 3.03. The Kier molecular flexibility index (Phi) is 2.93. The average Bonchev–Trinajstić information content (AvgIpc) is 2.41. The summed E-state index contributed by atoms with van der Waals surface area (Å²) in [6, 6.07) is 0. The van der Waals surface area contributed by atoms with Gasteiger partial charge in [-0.25, -0.2) is 9.48 Å². The molecule has 1 rings (SSSR count). The van der Waals surface area contributed by atoms with Crippen LogP contribution in [-0.2, 0) is 11.3 Å². The lowest BCUT2D eigenvalue weighted by Crippen LogP contribution is -2.09. The van der Waals surface area contributed by atoms with E-state index in [2.05, 4.69) is 5.10 Å². The van der Waals surface area contributed by atoms with Crippen LogP contribution in [-0.4, -0.2) is 31.9 Å². The Morgan fingerprint density at radius 3 is 2.47 bits per heavy atom. The van der Waals surface area contributed by atoms with E-state index in [1.807, 2.05) is 0 Å². The van der Waals surface area contributed by atoms with Gasteiger partial charge >= 0.3 is 11.9 Å². The third kappa shape index (κ3) is 2.25. The molecule has 15 heavy (non-hydrogen) atoms. The lowest BCUT2D eigenvalue weighted by Gasteiger charge is -2.00. The molecular weight excluding hydrogens is 202 g/mol. The summed E-state index contributed by atoms with van der Waals surface area (Å²) in [4.78, 5) is 21.0. The number of carboxylic acid groups (broad SMARTS) is 2. The van der Waals surface area contributed by atoms with Gasteiger partial charge in [0, 0.05) is 5.56 Å². The molecule has 1 aromatic heterocycles. The normalized spacial score (nSPS) is 10.2. The first-order chi connectivity index (χ1) is 6.93. The lowest BCUT2D eigenvalue weighted by molar-refractivity contribution is -0.137. The first kappa shape index (κ1) is 11.0. The third-order valence-electron chi connectivity index (χ3n) is 1.98. The number of hydrogen-bond donors (Lipinski definition) is 3. The number of anilines is 1. The molecule has 0 atom stereocenters. The van der Waals surface area contributed by atoms with E-state index in [9.17, 15) is 9.59 Å². The number of rotatable bonds is 4. The molecule has 7 heteroatoms. The van der Waals surface area contributed by atoms with Gasteiger partial charge in [-0.2, -0.15) is 5.10 Å². The first-order valence-electron chi connectivity index (χ1n) is 4.21. The van der Waals surface area contributed by atoms with Crippen LogP contribution in [0, 0.1) is 6.92 Å². The molecule has 0 aliphatic heterocycles. The van der Waals surface area contributed by atoms with Gasteiger partial charge in [-0.05, 0) is 6.92 Å². The largest absolute Gasteiger partial charge is 0.481 e. The van der Waals surface area contributed by atoms with Gasteiger partial charge in [0.15, 0.2) is 5.69 Å². The number of aliphatic carboxylic acids is 1. The van der Waals surface area contributed by atoms with Crippen molar-refractivity contribution in [1.29, 1.82) is 0 Å². The highest BCUT2D eigenvalue weighted by Crippen LogP contribution is 2.15. The molecule has 0 aromatic carbocycles. The number of aromatic nitrogens is 2. The Hall–Kier alpha value is -2.05. The second kappa shape index (κ2) is 3.99. The van der Waals surface area contributed by atoms with Gasteiger partial charge < -0.3 is 15.9 Å². The molecule has 0 saturated carbocycles. The highest BCUT2D eigenvalue weighted by molar-refractivity contribution is 5.88. The zero-order valence-electron chi connectivity index (χ0n) is 8.10. The van der Waals surface area contributed by atoms with Crippen LogP contribution in [0.4, 0.5) is 5.82 Å². The fraction of sp³-hybridized carbons (Fsp3) is 0.375. The van der Waals surface area contributed by atoms with Crippen LogP contribution in [0.3, 0.4) is 0 Å². The van der Waals surface area contributed by atoms with Gasteiger partial charge in [0.2, 0.25) is 0 Å². The molecule has 0 saturated heterocycles. The Morgan fingerprint density at radius 1 is 1.47 bits per heavy atom. The third-order valence-corrected chi connectivity index (χ3v) is 1.98. The molecule has 0 aliphatic rings. The van der Waals surface area contributed by atoms with Crippen LogP contribution in [0.25, 0.3) is 0 Å². The second-order valence-electron chi connectivity index (χ2n) is 3.03. The highest BCUT2D eigenvalue weighted by atomic mass is 16.4. The predicted molar refractivity (Wildman–Crippen MR) is 50.6 cm³/mol. The van der Waals surface area contributed by atoms with E-state index in [0.717, 1.165) is 0 Å². The SMILES string of the molecule is Cc1c(C(=O)O)nn(CCC(=O)O)c1N. The Labute approximate surface area is 85.1 Å². The minimum absolute atomic E-state index is 0.0648. The number of nitrogens with two attached hydrogens (primary N) is 1. The minimum Gasteiger partial charge on any atom is -0.481 e. The van der Waals surface area contributed by atoms with Gasteiger partial charge in [0.25, 0.3) is 0 Å². The van der Waals surface area contributed by atoms with Crippen molar-refractivity contribution in [3.8, 4) is 0 Å². The summed E-state index contributed by atoms with van der Waals surface area (Å²) in [5.41, 5.74) is 5.79. The maximum absolute atomic E-state index is 10.7. The monoisotopic (exact) mass is 213 g/mol. The Bertz CT molecular complexity index is 410. The molecule has 0 unspecified atom stereocenters. The highest BCUT2D eigenvalue weighted by Gasteiger charge is 2.17. The molecule has 0 bridgehead atoms. The molecule has 0 radical (unpaired) electrons. The van der Waals surface area contributed by atoms with Gasteiger partial charge in [-0.3, -0.25) is 4.79 Å². The van der Waals surface area contributed by atoms with Crippen molar-refractivity contribution in [3.63, 3.8) is 0 Å². The maximum Gasteiger partial charge on any atom is 0.356 e. The fourth-order valence-corrected chi connectivity index (χ4v) is 1.14. The molecule has 0 amide bonds. The quantitative estimate of drug-likeness (QED) is 0.645. The number of nitrogen functional groups attached to an aromatic ring is 1. The van der Waals surface area contributed by atoms with Gasteiger partial charge in [0.1, 0.15) is 5.82 Å². The molecular formula is C8H11N3O4. The first-order valence-corrected chi connectivity index (χ1v) is 4.21. The number of nitrogens with zero attached hydrogens (tertiary/aromatic N) is 2. The number of hydrogen-bond acceptors (Lipinski definition) is 4. The summed E-state index contributed by atoms with van der Waals surface area (Å²) in [6.45, 7) is 1.60. The minimum atomic E-state index is -1.17. The number of carboxylic acids is 2. The van der Waals surface area contributed by atoms with Crippen LogP contribution in [0.5, 0.6) is 0 Å². The molecule has 0 aliphatic carbocycles. The Balaban J connectivity index is 2.95. The summed E-state index contributed by atoms with van der Waals surface area (Å²) in [6.07, 6.45) is -0.148. The summed E-state index contributed by atoms with van der Waals surface area (Å²) in [5.74, 6) is -1.97. The summed E-state index contributed by atoms with van der Waals surface area (Å²) >= 11 is 0. The summed E-state index contributed by atoms with van der Waals surface area (Å²) in [7, 11) is 0. The van der Waals surface area contributed by atoms with E-state index in [1.54, 1.807) is 0 Å². The topological polar surface area (TPSA) is 118 Å². The van der Waals surface area contributed by atoms with Crippen LogP contribution in [0.15, 0.2) is 0 Å². The number of carbonyl (C=O) groups is 2. The van der Waals surface area contributed by atoms with Gasteiger partial charge in [-0.15, -0.1) is 0 Å². The zero-order valence-corrected chi connectivity index (χ0v) is 8.10. The average molecular weight is 213 g/mol. The van der Waals surface area contributed by atoms with Crippen LogP contribution in [0.1, 0.15) is 22.5 Å². The zero-order chi connectivity index (χ0) is 11.6. The van der Waals surface area contributed by atoms with Gasteiger partial charge in [-0.1, -0.05) is 0 Å². The van der Waals surface area contributed by atoms with Crippen LogP contribution >= 0.6 is 0 Å². The molecule has 7 nitrogen and oxygen atoms in total. The molecule has 0 spiro atoms. The fourth-order valence-electron chi connectivity index (χ4n) is 1.14. The van der Waals surface area contributed by atoms with E-state index in [0.29, 0.717) is 5.56 Å². The van der Waals surface area contributed by atoms with Crippen LogP contribution < -0.4 is 5.73 Å². The molecule has 1 heterocycles. The number of aryl methyl sites for hydroxylation is 1. The maximum atomic E-state index is 10.7. The van der Waals surface area contributed by atoms with E-state index < -0.39 is 11.9 Å². The van der Waals surface area contributed by atoms with E-state index in [1.165, 1.54) is 11.6 Å². The predicted octanol–water partition coefficient (Wildman–Crippen LogP) is -0.0534. The van der Waals surface area contributed by atoms with Crippen molar-refractivity contribution < 1.29 is 19.8 Å². The summed E-state index contributed by atoms with van der Waals surface area (Å²) < 4.78 is 1.19. The van der Waals surface area contributed by atoms with E-state index in [-0.39, 0.29) is 24.5 Å². The van der Waals surface area contributed by atoms with Crippen LogP contribution in [0.2, 0.25) is 0 Å². The Morgan fingerprint density at radius 2 is 2.07 bits per heavy atom. The van der Waals surface area contributed by atoms with Crippen molar-refractivity contribution in [3.05, 3.63) is 11.3 Å². The van der Waals surface area contributed by atoms with Crippen molar-refractivity contribution in [2.75, 3.05) is 5.73 Å². The molecule has 1 aromatic rings. The molecule has 0 fully saturated rings. The van der Waals surface area contributed by atoms with Crippen molar-refractivity contribution >= 4 is 17.8 Å². The van der Waals surface area contributed by atoms with Crippen molar-refractivity contribution in [1.82, 2.24) is 9.78 Å². The molecule has 4 N–H and O–H groups in total. The van der Waals surface area contributed by atoms with Gasteiger partial charge in [0.05, 0.1) is 13.0 Å². The van der Waals surface area contributed by atoms with Crippen molar-refractivity contribution in [2.24, 2.45) is 0 Å². The molecule has 82 valence electrons. The smallest absolute Gasteiger partial charge is 0.356 e. The number of aromatic carboxylic acids is 1. The summed E-state index contributed by atoms with van der Waals surface area (Å²) in [5, 5.41) is 20.9. The van der Waals surface area contributed by atoms with E-state index in [4.69, 9.17) is 15.9 Å². The standard InChI is InChI=1S/C8H11N3O4/c1-4-6(8(14)15)10-11(7(4)9)3-2-5(12)13/h2-3,9H2,1H3,(H,12,13)(H,14,15). The van der Waals surface area contributed by atoms with E-state index >= 15 is 0 Å². The lowest BCUT2D eigenvalue weighted by atomic mass is 10.2.